The Bertz CT molecular complexity index is 855. The lowest BCUT2D eigenvalue weighted by Gasteiger charge is -2.13. The van der Waals surface area contributed by atoms with Crippen molar-refractivity contribution in [2.75, 3.05) is 11.1 Å². The maximum Gasteiger partial charge on any atom is 0.230 e. The van der Waals surface area contributed by atoms with Gasteiger partial charge in [0.1, 0.15) is 5.82 Å². The molecule has 8 heteroatoms. The molecule has 0 saturated carbocycles. The number of halogens is 1. The molecule has 134 valence electrons. The fourth-order valence-electron chi connectivity index (χ4n) is 2.21. The highest BCUT2D eigenvalue weighted by molar-refractivity contribution is 8.01. The van der Waals surface area contributed by atoms with Gasteiger partial charge in [-0.15, -0.1) is 10.2 Å². The Morgan fingerprint density at radius 3 is 2.62 bits per heavy atom. The second-order valence-electron chi connectivity index (χ2n) is 5.49. The number of nitrogens with one attached hydrogen (secondary N) is 2. The lowest BCUT2D eigenvalue weighted by molar-refractivity contribution is -0.119. The van der Waals surface area contributed by atoms with Gasteiger partial charge in [-0.05, 0) is 36.8 Å². The summed E-state index contributed by atoms with van der Waals surface area (Å²) in [6, 6.07) is 15.6. The second kappa shape index (κ2) is 8.77. The minimum Gasteiger partial charge on any atom is -0.349 e. The molecule has 1 aromatic heterocycles. The number of benzene rings is 2. The zero-order chi connectivity index (χ0) is 18.4. The normalized spacial score (nSPS) is 11.8. The van der Waals surface area contributed by atoms with Crippen molar-refractivity contribution in [1.29, 1.82) is 0 Å². The lowest BCUT2D eigenvalue weighted by Crippen LogP contribution is -2.28. The van der Waals surface area contributed by atoms with Crippen molar-refractivity contribution < 1.29 is 9.18 Å². The predicted octanol–water partition coefficient (Wildman–Crippen LogP) is 4.39. The molecule has 3 rings (SSSR count). The molecular formula is C18H17FN4OS2. The van der Waals surface area contributed by atoms with E-state index in [0.717, 1.165) is 11.3 Å². The third-order valence-electron chi connectivity index (χ3n) is 3.51. The molecule has 0 aliphatic carbocycles. The van der Waals surface area contributed by atoms with Crippen molar-refractivity contribution in [3.8, 4) is 0 Å². The molecule has 0 spiro atoms. The van der Waals surface area contributed by atoms with Crippen LogP contribution in [-0.4, -0.2) is 21.9 Å². The molecule has 1 heterocycles. The van der Waals surface area contributed by atoms with Crippen LogP contribution in [0.2, 0.25) is 0 Å². The van der Waals surface area contributed by atoms with Crippen molar-refractivity contribution in [3.05, 3.63) is 66.0 Å². The van der Waals surface area contributed by atoms with Crippen molar-refractivity contribution in [2.24, 2.45) is 0 Å². The van der Waals surface area contributed by atoms with E-state index in [0.29, 0.717) is 9.47 Å². The molecule has 0 bridgehead atoms. The number of thioether (sulfide) groups is 1. The largest absolute Gasteiger partial charge is 0.349 e. The number of amides is 1. The van der Waals surface area contributed by atoms with Gasteiger partial charge in [-0.25, -0.2) is 4.39 Å². The average Bonchev–Trinajstić information content (AvgIpc) is 3.09. The number of rotatable bonds is 7. The summed E-state index contributed by atoms with van der Waals surface area (Å²) in [6.45, 7) is 1.86. The highest BCUT2D eigenvalue weighted by Crippen LogP contribution is 2.27. The molecule has 0 fully saturated rings. The average molecular weight is 388 g/mol. The Morgan fingerprint density at radius 1 is 1.15 bits per heavy atom. The third kappa shape index (κ3) is 5.27. The summed E-state index contributed by atoms with van der Waals surface area (Å²) in [5.41, 5.74) is 1.79. The van der Waals surface area contributed by atoms with Crippen LogP contribution < -0.4 is 10.6 Å². The van der Waals surface area contributed by atoms with Crippen molar-refractivity contribution in [1.82, 2.24) is 15.5 Å². The van der Waals surface area contributed by atoms with E-state index in [1.54, 1.807) is 12.1 Å². The topological polar surface area (TPSA) is 66.9 Å². The quantitative estimate of drug-likeness (QED) is 0.588. The molecule has 2 N–H and O–H groups in total. The fourth-order valence-corrected chi connectivity index (χ4v) is 3.79. The van der Waals surface area contributed by atoms with Gasteiger partial charge in [0.15, 0.2) is 4.34 Å². The molecule has 0 saturated heterocycles. The predicted molar refractivity (Wildman–Crippen MR) is 103 cm³/mol. The molecule has 1 atom stereocenters. The summed E-state index contributed by atoms with van der Waals surface area (Å²) in [6.07, 6.45) is 0. The van der Waals surface area contributed by atoms with Crippen LogP contribution in [0.4, 0.5) is 15.2 Å². The van der Waals surface area contributed by atoms with E-state index in [1.807, 2.05) is 37.3 Å². The molecule has 1 unspecified atom stereocenters. The Labute approximate surface area is 159 Å². The van der Waals surface area contributed by atoms with E-state index >= 15 is 0 Å². The zero-order valence-corrected chi connectivity index (χ0v) is 15.6. The number of aromatic nitrogens is 2. The van der Waals surface area contributed by atoms with Gasteiger partial charge in [0.05, 0.1) is 11.8 Å². The van der Waals surface area contributed by atoms with Gasteiger partial charge in [0.25, 0.3) is 0 Å². The third-order valence-corrected chi connectivity index (χ3v) is 5.48. The second-order valence-corrected chi connectivity index (χ2v) is 7.69. The number of nitrogens with zero attached hydrogens (tertiary/aromatic N) is 2. The summed E-state index contributed by atoms with van der Waals surface area (Å²) in [4.78, 5) is 12.1. The Kier molecular flexibility index (Phi) is 6.19. The van der Waals surface area contributed by atoms with Gasteiger partial charge in [-0.1, -0.05) is 53.4 Å². The monoisotopic (exact) mass is 388 g/mol. The number of carbonyl (C=O) groups excluding carboxylic acids is 1. The molecule has 0 radical (unpaired) electrons. The van der Waals surface area contributed by atoms with Crippen molar-refractivity contribution in [2.45, 2.75) is 17.3 Å². The molecular weight excluding hydrogens is 371 g/mol. The van der Waals surface area contributed by atoms with Crippen LogP contribution in [0.3, 0.4) is 0 Å². The van der Waals surface area contributed by atoms with E-state index in [4.69, 9.17) is 0 Å². The molecule has 3 aromatic rings. The van der Waals surface area contributed by atoms with E-state index in [1.165, 1.54) is 35.2 Å². The van der Waals surface area contributed by atoms with Crippen molar-refractivity contribution in [3.63, 3.8) is 0 Å². The molecule has 26 heavy (non-hydrogen) atoms. The highest BCUT2D eigenvalue weighted by atomic mass is 32.2. The van der Waals surface area contributed by atoms with E-state index in [9.17, 15) is 9.18 Å². The van der Waals surface area contributed by atoms with Gasteiger partial charge < -0.3 is 10.6 Å². The van der Waals surface area contributed by atoms with Crippen molar-refractivity contribution >= 4 is 39.8 Å². The maximum absolute atomic E-state index is 13.0. The van der Waals surface area contributed by atoms with Crippen LogP contribution in [0.1, 0.15) is 18.5 Å². The molecule has 0 aliphatic heterocycles. The summed E-state index contributed by atoms with van der Waals surface area (Å²) in [5, 5.41) is 14.9. The highest BCUT2D eigenvalue weighted by Gasteiger charge is 2.12. The van der Waals surface area contributed by atoms with Crippen LogP contribution in [0.5, 0.6) is 0 Å². The summed E-state index contributed by atoms with van der Waals surface area (Å²) in [5.74, 6) is -0.162. The number of carbonyl (C=O) groups is 1. The standard InChI is InChI=1S/C18H17FN4OS2/c1-12(13-7-9-14(19)10-8-13)20-16(24)11-25-18-23-22-17(26-18)21-15-5-3-2-4-6-15/h2-10,12H,11H2,1H3,(H,20,24)(H,21,22). The summed E-state index contributed by atoms with van der Waals surface area (Å²) in [7, 11) is 0. The maximum atomic E-state index is 13.0. The number of anilines is 2. The Hall–Kier alpha value is -2.45. The number of hydrogen-bond acceptors (Lipinski definition) is 6. The lowest BCUT2D eigenvalue weighted by atomic mass is 10.1. The first-order valence-corrected chi connectivity index (χ1v) is 9.73. The smallest absolute Gasteiger partial charge is 0.230 e. The number of para-hydroxylation sites is 1. The molecule has 1 amide bonds. The van der Waals surface area contributed by atoms with Gasteiger partial charge in [-0.3, -0.25) is 4.79 Å². The first kappa shape index (κ1) is 18.3. The van der Waals surface area contributed by atoms with Crippen LogP contribution in [0.15, 0.2) is 58.9 Å². The van der Waals surface area contributed by atoms with Crippen LogP contribution in [0.25, 0.3) is 0 Å². The fraction of sp³-hybridized carbons (Fsp3) is 0.167. The molecule has 5 nitrogen and oxygen atoms in total. The zero-order valence-electron chi connectivity index (χ0n) is 14.0. The van der Waals surface area contributed by atoms with E-state index < -0.39 is 0 Å². The van der Waals surface area contributed by atoms with Gasteiger partial charge >= 0.3 is 0 Å². The summed E-state index contributed by atoms with van der Waals surface area (Å²) < 4.78 is 13.7. The van der Waals surface area contributed by atoms with Crippen LogP contribution in [-0.2, 0) is 4.79 Å². The van der Waals surface area contributed by atoms with Crippen LogP contribution in [0, 0.1) is 5.82 Å². The molecule has 0 aliphatic rings. The number of hydrogen-bond donors (Lipinski definition) is 2. The molecule has 2 aromatic carbocycles. The van der Waals surface area contributed by atoms with Gasteiger partial charge in [-0.2, -0.15) is 0 Å². The Morgan fingerprint density at radius 2 is 1.88 bits per heavy atom. The first-order chi connectivity index (χ1) is 12.6. The first-order valence-electron chi connectivity index (χ1n) is 7.93. The van der Waals surface area contributed by atoms with Gasteiger partial charge in [0.2, 0.25) is 11.0 Å². The van der Waals surface area contributed by atoms with Crippen LogP contribution >= 0.6 is 23.1 Å². The minimum atomic E-state index is -0.293. The Balaban J connectivity index is 1.48. The SMILES string of the molecule is CC(NC(=O)CSc1nnc(Nc2ccccc2)s1)c1ccc(F)cc1. The minimum absolute atomic E-state index is 0.111. The summed E-state index contributed by atoms with van der Waals surface area (Å²) >= 11 is 2.73. The van der Waals surface area contributed by atoms with E-state index in [2.05, 4.69) is 20.8 Å². The van der Waals surface area contributed by atoms with E-state index in [-0.39, 0.29) is 23.5 Å². The van der Waals surface area contributed by atoms with Gasteiger partial charge in [0, 0.05) is 5.69 Å².